The zero-order valence-electron chi connectivity index (χ0n) is 4.81. The fraction of sp³-hybridized carbons (Fsp3) is 0. The molecule has 0 saturated carbocycles. The lowest BCUT2D eigenvalue weighted by atomic mass is 10.3. The van der Waals surface area contributed by atoms with E-state index in [0.29, 0.717) is 0 Å². The average Bonchev–Trinajstić information content (AvgIpc) is 1.95. The summed E-state index contributed by atoms with van der Waals surface area (Å²) in [4.78, 5) is 2.99. The van der Waals surface area contributed by atoms with Crippen molar-refractivity contribution in [2.24, 2.45) is 0 Å². The van der Waals surface area contributed by atoms with Crippen molar-refractivity contribution >= 4 is 0 Å². The van der Waals surface area contributed by atoms with Crippen LogP contribution in [0.1, 0.15) is 5.56 Å². The number of pyridine rings is 1. The van der Waals surface area contributed by atoms with Crippen LogP contribution in [-0.2, 0) is 0 Å². The zero-order valence-corrected chi connectivity index (χ0v) is 4.81. The van der Waals surface area contributed by atoms with Gasteiger partial charge in [-0.25, -0.2) is 9.37 Å². The van der Waals surface area contributed by atoms with Crippen LogP contribution in [0.15, 0.2) is 12.3 Å². The van der Waals surface area contributed by atoms with Gasteiger partial charge in [0.1, 0.15) is 6.07 Å². The Morgan fingerprint density at radius 3 is 2.70 bits per heavy atom. The van der Waals surface area contributed by atoms with Crippen molar-refractivity contribution in [1.29, 1.82) is 5.26 Å². The van der Waals surface area contributed by atoms with Crippen molar-refractivity contribution in [3.05, 3.63) is 29.6 Å². The standard InChI is InChI=1S/C6H2F2N2/c7-5-4(3-9)1-2-10-6(5)8/h1-2H. The van der Waals surface area contributed by atoms with Crippen LogP contribution >= 0.6 is 0 Å². The van der Waals surface area contributed by atoms with Gasteiger partial charge in [-0.1, -0.05) is 0 Å². The minimum Gasteiger partial charge on any atom is -0.226 e. The number of nitrogens with zero attached hydrogens (tertiary/aromatic N) is 2. The second-order valence-corrected chi connectivity index (χ2v) is 1.58. The second-order valence-electron chi connectivity index (χ2n) is 1.58. The Balaban J connectivity index is 3.31. The molecule has 0 unspecified atom stereocenters. The fourth-order valence-corrected chi connectivity index (χ4v) is 0.505. The summed E-state index contributed by atoms with van der Waals surface area (Å²) < 4.78 is 24.5. The first kappa shape index (κ1) is 6.62. The topological polar surface area (TPSA) is 36.7 Å². The maximum Gasteiger partial charge on any atom is 0.250 e. The molecule has 0 aliphatic heterocycles. The third kappa shape index (κ3) is 0.935. The van der Waals surface area contributed by atoms with Gasteiger partial charge in [0, 0.05) is 6.20 Å². The van der Waals surface area contributed by atoms with E-state index in [-0.39, 0.29) is 5.56 Å². The van der Waals surface area contributed by atoms with Crippen LogP contribution in [0.3, 0.4) is 0 Å². The predicted molar refractivity (Wildman–Crippen MR) is 28.9 cm³/mol. The summed E-state index contributed by atoms with van der Waals surface area (Å²) in [6.45, 7) is 0. The van der Waals surface area contributed by atoms with Crippen LogP contribution in [0.5, 0.6) is 0 Å². The van der Waals surface area contributed by atoms with E-state index in [1.54, 1.807) is 0 Å². The minimum atomic E-state index is -1.24. The number of hydrogen-bond donors (Lipinski definition) is 0. The van der Waals surface area contributed by atoms with Gasteiger partial charge in [-0.05, 0) is 6.07 Å². The molecule has 1 aromatic rings. The van der Waals surface area contributed by atoms with E-state index >= 15 is 0 Å². The maximum atomic E-state index is 12.3. The summed E-state index contributed by atoms with van der Waals surface area (Å²) in [5.41, 5.74) is -0.326. The highest BCUT2D eigenvalue weighted by molar-refractivity contribution is 5.27. The van der Waals surface area contributed by atoms with Gasteiger partial charge in [0.05, 0.1) is 5.56 Å². The fourth-order valence-electron chi connectivity index (χ4n) is 0.505. The number of nitriles is 1. The molecule has 50 valence electrons. The summed E-state index contributed by atoms with van der Waals surface area (Å²) in [5.74, 6) is -2.43. The van der Waals surface area contributed by atoms with Crippen molar-refractivity contribution in [2.75, 3.05) is 0 Å². The summed E-state index contributed by atoms with van der Waals surface area (Å²) in [7, 11) is 0. The van der Waals surface area contributed by atoms with E-state index in [2.05, 4.69) is 4.98 Å². The summed E-state index contributed by atoms with van der Waals surface area (Å²) in [6, 6.07) is 2.59. The van der Waals surface area contributed by atoms with Gasteiger partial charge in [0.25, 0.3) is 0 Å². The molecule has 0 saturated heterocycles. The molecule has 0 aliphatic rings. The molecule has 0 N–H and O–H groups in total. The SMILES string of the molecule is N#Cc1ccnc(F)c1F. The molecule has 0 fully saturated rings. The number of halogens is 2. The largest absolute Gasteiger partial charge is 0.250 e. The van der Waals surface area contributed by atoms with Crippen LogP contribution < -0.4 is 0 Å². The molecule has 0 spiro atoms. The molecule has 1 heterocycles. The molecular formula is C6H2F2N2. The lowest BCUT2D eigenvalue weighted by Crippen LogP contribution is -1.91. The minimum absolute atomic E-state index is 0.326. The van der Waals surface area contributed by atoms with Gasteiger partial charge >= 0.3 is 0 Å². The Hall–Kier alpha value is -1.50. The first-order chi connectivity index (χ1) is 4.75. The summed E-state index contributed by atoms with van der Waals surface area (Å²) in [5, 5.41) is 8.16. The Labute approximate surface area is 55.7 Å². The Morgan fingerprint density at radius 1 is 1.50 bits per heavy atom. The van der Waals surface area contributed by atoms with Gasteiger partial charge in [-0.15, -0.1) is 0 Å². The Bertz CT molecular complexity index is 290. The monoisotopic (exact) mass is 140 g/mol. The number of rotatable bonds is 0. The third-order valence-electron chi connectivity index (χ3n) is 0.967. The highest BCUT2D eigenvalue weighted by Crippen LogP contribution is 2.06. The van der Waals surface area contributed by atoms with E-state index < -0.39 is 11.8 Å². The Morgan fingerprint density at radius 2 is 2.20 bits per heavy atom. The molecule has 0 atom stereocenters. The van der Waals surface area contributed by atoms with Crippen LogP contribution in [0.4, 0.5) is 8.78 Å². The van der Waals surface area contributed by atoms with Crippen molar-refractivity contribution in [1.82, 2.24) is 4.98 Å². The lowest BCUT2D eigenvalue weighted by molar-refractivity contribution is 0.477. The molecule has 1 rings (SSSR count). The molecule has 0 bridgehead atoms. The van der Waals surface area contributed by atoms with E-state index in [1.165, 1.54) is 6.07 Å². The van der Waals surface area contributed by atoms with Gasteiger partial charge in [-0.2, -0.15) is 9.65 Å². The highest BCUT2D eigenvalue weighted by Gasteiger charge is 2.06. The summed E-state index contributed by atoms with van der Waals surface area (Å²) >= 11 is 0. The molecule has 10 heavy (non-hydrogen) atoms. The summed E-state index contributed by atoms with van der Waals surface area (Å²) in [6.07, 6.45) is 1.04. The molecule has 0 aliphatic carbocycles. The van der Waals surface area contributed by atoms with Crippen molar-refractivity contribution in [3.8, 4) is 6.07 Å². The van der Waals surface area contributed by atoms with Crippen molar-refractivity contribution in [2.45, 2.75) is 0 Å². The van der Waals surface area contributed by atoms with Crippen LogP contribution in [-0.4, -0.2) is 4.98 Å². The molecule has 2 nitrogen and oxygen atoms in total. The smallest absolute Gasteiger partial charge is 0.226 e. The second kappa shape index (κ2) is 2.40. The Kier molecular flexibility index (Phi) is 1.59. The average molecular weight is 140 g/mol. The zero-order chi connectivity index (χ0) is 7.56. The van der Waals surface area contributed by atoms with Crippen molar-refractivity contribution in [3.63, 3.8) is 0 Å². The van der Waals surface area contributed by atoms with Crippen LogP contribution in [0, 0.1) is 23.1 Å². The molecular weight excluding hydrogens is 138 g/mol. The van der Waals surface area contributed by atoms with Gasteiger partial charge in [0.2, 0.25) is 5.95 Å². The lowest BCUT2D eigenvalue weighted by Gasteiger charge is -1.90. The number of hydrogen-bond acceptors (Lipinski definition) is 2. The van der Waals surface area contributed by atoms with Gasteiger partial charge < -0.3 is 0 Å². The van der Waals surface area contributed by atoms with E-state index in [9.17, 15) is 8.78 Å². The van der Waals surface area contributed by atoms with E-state index in [1.807, 2.05) is 0 Å². The first-order valence-electron chi connectivity index (χ1n) is 2.46. The molecule has 0 amide bonds. The van der Waals surface area contributed by atoms with Crippen molar-refractivity contribution < 1.29 is 8.78 Å². The quantitative estimate of drug-likeness (QED) is 0.508. The van der Waals surface area contributed by atoms with Crippen LogP contribution in [0.2, 0.25) is 0 Å². The molecule has 0 radical (unpaired) electrons. The van der Waals surface area contributed by atoms with Crippen LogP contribution in [0.25, 0.3) is 0 Å². The maximum absolute atomic E-state index is 12.3. The van der Waals surface area contributed by atoms with E-state index in [4.69, 9.17) is 5.26 Å². The third-order valence-corrected chi connectivity index (χ3v) is 0.967. The normalized spacial score (nSPS) is 8.90. The predicted octanol–water partition coefficient (Wildman–Crippen LogP) is 1.23. The van der Waals surface area contributed by atoms with E-state index in [0.717, 1.165) is 12.3 Å². The molecule has 4 heteroatoms. The molecule has 1 aromatic heterocycles. The number of aromatic nitrogens is 1. The first-order valence-corrected chi connectivity index (χ1v) is 2.46. The molecule has 0 aromatic carbocycles. The van der Waals surface area contributed by atoms with Gasteiger partial charge in [-0.3, -0.25) is 0 Å². The highest BCUT2D eigenvalue weighted by atomic mass is 19.2. The van der Waals surface area contributed by atoms with Gasteiger partial charge in [0.15, 0.2) is 5.82 Å².